The van der Waals surface area contributed by atoms with Crippen molar-refractivity contribution in [2.45, 2.75) is 32.8 Å². The zero-order valence-corrected chi connectivity index (χ0v) is 10.7. The smallest absolute Gasteiger partial charge is 0.147 e. The third kappa shape index (κ3) is 5.80. The van der Waals surface area contributed by atoms with Crippen LogP contribution in [0.25, 0.3) is 0 Å². The molecule has 16 heavy (non-hydrogen) atoms. The van der Waals surface area contributed by atoms with E-state index in [1.165, 1.54) is 13.0 Å². The van der Waals surface area contributed by atoms with Gasteiger partial charge in [0.2, 0.25) is 0 Å². The summed E-state index contributed by atoms with van der Waals surface area (Å²) in [6.45, 7) is 11.3. The summed E-state index contributed by atoms with van der Waals surface area (Å²) in [4.78, 5) is 2.45. The molecule has 4 heteroatoms. The van der Waals surface area contributed by atoms with Crippen molar-refractivity contribution in [3.8, 4) is 0 Å². The van der Waals surface area contributed by atoms with Crippen LogP contribution >= 0.6 is 0 Å². The Bertz CT molecular complexity index is 157. The topological polar surface area (TPSA) is 33.7 Å². The summed E-state index contributed by atoms with van der Waals surface area (Å²) in [6.07, 6.45) is 2.58. The maximum atomic E-state index is 5.45. The monoisotopic (exact) mass is 230 g/mol. The van der Waals surface area contributed by atoms with Gasteiger partial charge in [0.15, 0.2) is 0 Å². The molecular weight excluding hydrogens is 204 g/mol. The number of hydrogen-bond acceptors (Lipinski definition) is 4. The van der Waals surface area contributed by atoms with Crippen molar-refractivity contribution >= 4 is 0 Å². The van der Waals surface area contributed by atoms with Crippen LogP contribution < -0.4 is 5.32 Å². The fourth-order valence-corrected chi connectivity index (χ4v) is 1.89. The summed E-state index contributed by atoms with van der Waals surface area (Å²) in [5.74, 6) is 0. The van der Waals surface area contributed by atoms with Crippen molar-refractivity contribution in [1.82, 2.24) is 10.2 Å². The number of hydrogen-bond donors (Lipinski definition) is 1. The highest BCUT2D eigenvalue weighted by Crippen LogP contribution is 2.04. The summed E-state index contributed by atoms with van der Waals surface area (Å²) in [6, 6.07) is 0. The van der Waals surface area contributed by atoms with Gasteiger partial charge < -0.3 is 19.7 Å². The lowest BCUT2D eigenvalue weighted by atomic mass is 10.2. The Labute approximate surface area is 99.3 Å². The fourth-order valence-electron chi connectivity index (χ4n) is 1.89. The molecule has 0 aliphatic carbocycles. The lowest BCUT2D eigenvalue weighted by molar-refractivity contribution is -0.137. The highest BCUT2D eigenvalue weighted by molar-refractivity contribution is 4.64. The Hall–Kier alpha value is -0.160. The molecule has 1 heterocycles. The summed E-state index contributed by atoms with van der Waals surface area (Å²) >= 11 is 0. The third-order valence-corrected chi connectivity index (χ3v) is 3.07. The van der Waals surface area contributed by atoms with E-state index in [-0.39, 0.29) is 0 Å². The molecule has 4 nitrogen and oxygen atoms in total. The Morgan fingerprint density at radius 2 is 2.12 bits per heavy atom. The Morgan fingerprint density at radius 3 is 2.75 bits per heavy atom. The van der Waals surface area contributed by atoms with Crippen molar-refractivity contribution in [3.63, 3.8) is 0 Å². The number of nitrogens with one attached hydrogen (secondary N) is 1. The van der Waals surface area contributed by atoms with Gasteiger partial charge in [0.1, 0.15) is 6.79 Å². The molecule has 0 radical (unpaired) electrons. The van der Waals surface area contributed by atoms with E-state index in [1.807, 2.05) is 0 Å². The van der Waals surface area contributed by atoms with E-state index < -0.39 is 0 Å². The first-order valence-electron chi connectivity index (χ1n) is 6.49. The largest absolute Gasteiger partial charge is 0.355 e. The van der Waals surface area contributed by atoms with Gasteiger partial charge in [-0.15, -0.1) is 0 Å². The zero-order chi connectivity index (χ0) is 11.6. The van der Waals surface area contributed by atoms with Crippen molar-refractivity contribution in [3.05, 3.63) is 0 Å². The van der Waals surface area contributed by atoms with Crippen LogP contribution in [-0.2, 0) is 9.47 Å². The molecule has 1 aliphatic rings. The predicted molar refractivity (Wildman–Crippen MR) is 65.6 cm³/mol. The first-order valence-corrected chi connectivity index (χ1v) is 6.49. The Kier molecular flexibility index (Phi) is 7.76. The number of rotatable bonds is 8. The van der Waals surface area contributed by atoms with Crippen LogP contribution in [0.15, 0.2) is 0 Å². The van der Waals surface area contributed by atoms with Gasteiger partial charge in [0, 0.05) is 6.54 Å². The van der Waals surface area contributed by atoms with Crippen LogP contribution in [0, 0.1) is 0 Å². The van der Waals surface area contributed by atoms with Crippen molar-refractivity contribution < 1.29 is 9.47 Å². The molecule has 0 aromatic heterocycles. The molecule has 96 valence electrons. The van der Waals surface area contributed by atoms with Crippen molar-refractivity contribution in [2.24, 2.45) is 0 Å². The molecule has 1 atom stereocenters. The molecule has 0 bridgehead atoms. The van der Waals surface area contributed by atoms with E-state index in [0.717, 1.165) is 39.2 Å². The number of ether oxygens (including phenoxy) is 2. The van der Waals surface area contributed by atoms with E-state index in [4.69, 9.17) is 9.47 Å². The van der Waals surface area contributed by atoms with E-state index in [2.05, 4.69) is 24.1 Å². The average molecular weight is 230 g/mol. The van der Waals surface area contributed by atoms with E-state index in [0.29, 0.717) is 12.9 Å². The molecular formula is C12H26N2O2. The first kappa shape index (κ1) is 13.9. The number of nitrogens with zero attached hydrogens (tertiary/aromatic N) is 1. The highest BCUT2D eigenvalue weighted by atomic mass is 16.7. The van der Waals surface area contributed by atoms with Gasteiger partial charge in [0.05, 0.1) is 12.7 Å². The lowest BCUT2D eigenvalue weighted by Crippen LogP contribution is -2.35. The molecule has 1 rings (SSSR count). The molecule has 0 saturated carbocycles. The maximum absolute atomic E-state index is 5.45. The summed E-state index contributed by atoms with van der Waals surface area (Å²) in [5.41, 5.74) is 0. The van der Waals surface area contributed by atoms with Crippen LogP contribution in [0.1, 0.15) is 26.7 Å². The molecule has 1 fully saturated rings. The molecule has 0 aromatic rings. The van der Waals surface area contributed by atoms with Gasteiger partial charge in [0.25, 0.3) is 0 Å². The van der Waals surface area contributed by atoms with Gasteiger partial charge in [-0.1, -0.05) is 13.8 Å². The van der Waals surface area contributed by atoms with Gasteiger partial charge in [-0.2, -0.15) is 0 Å². The van der Waals surface area contributed by atoms with Crippen LogP contribution in [0.4, 0.5) is 0 Å². The molecule has 1 unspecified atom stereocenters. The van der Waals surface area contributed by atoms with Crippen molar-refractivity contribution in [2.75, 3.05) is 46.1 Å². The summed E-state index contributed by atoms with van der Waals surface area (Å²) in [5, 5.41) is 3.45. The second-order valence-electron chi connectivity index (χ2n) is 4.19. The lowest BCUT2D eigenvalue weighted by Gasteiger charge is -2.23. The Morgan fingerprint density at radius 1 is 1.31 bits per heavy atom. The zero-order valence-electron chi connectivity index (χ0n) is 10.7. The minimum Gasteiger partial charge on any atom is -0.355 e. The molecule has 0 aromatic carbocycles. The van der Waals surface area contributed by atoms with Crippen LogP contribution in [-0.4, -0.2) is 57.1 Å². The average Bonchev–Trinajstić information content (AvgIpc) is 2.35. The second-order valence-corrected chi connectivity index (χ2v) is 4.19. The third-order valence-electron chi connectivity index (χ3n) is 3.07. The van der Waals surface area contributed by atoms with Gasteiger partial charge in [-0.25, -0.2) is 0 Å². The molecule has 1 saturated heterocycles. The Balaban J connectivity index is 1.90. The summed E-state index contributed by atoms with van der Waals surface area (Å²) < 4.78 is 10.6. The van der Waals surface area contributed by atoms with Gasteiger partial charge in [-0.05, 0) is 39.0 Å². The second kappa shape index (κ2) is 8.93. The molecule has 0 amide bonds. The predicted octanol–water partition coefficient (Wildman–Crippen LogP) is 1.07. The SMILES string of the molecule is CCN(CC)CCCNCC1CCOCO1. The van der Waals surface area contributed by atoms with Crippen molar-refractivity contribution in [1.29, 1.82) is 0 Å². The van der Waals surface area contributed by atoms with E-state index >= 15 is 0 Å². The highest BCUT2D eigenvalue weighted by Gasteiger charge is 2.12. The van der Waals surface area contributed by atoms with Crippen LogP contribution in [0.2, 0.25) is 0 Å². The van der Waals surface area contributed by atoms with Gasteiger partial charge >= 0.3 is 0 Å². The maximum Gasteiger partial charge on any atom is 0.147 e. The van der Waals surface area contributed by atoms with E-state index in [1.54, 1.807) is 0 Å². The molecule has 1 aliphatic heterocycles. The minimum atomic E-state index is 0.349. The standard InChI is InChI=1S/C12H26N2O2/c1-3-14(4-2)8-5-7-13-10-12-6-9-15-11-16-12/h12-13H,3-11H2,1-2H3. The van der Waals surface area contributed by atoms with Gasteiger partial charge in [-0.3, -0.25) is 0 Å². The molecule has 0 spiro atoms. The fraction of sp³-hybridized carbons (Fsp3) is 1.00. The summed E-state index contributed by atoms with van der Waals surface area (Å²) in [7, 11) is 0. The van der Waals surface area contributed by atoms with Crippen LogP contribution in [0.5, 0.6) is 0 Å². The van der Waals surface area contributed by atoms with E-state index in [9.17, 15) is 0 Å². The molecule has 1 N–H and O–H groups in total. The quantitative estimate of drug-likeness (QED) is 0.633. The minimum absolute atomic E-state index is 0.349. The first-order chi connectivity index (χ1) is 7.86. The van der Waals surface area contributed by atoms with Crippen LogP contribution in [0.3, 0.4) is 0 Å². The normalized spacial score (nSPS) is 21.6.